The zero-order valence-electron chi connectivity index (χ0n) is 6.81. The maximum Gasteiger partial charge on any atom is 0.434 e. The molecule has 7 heteroatoms. The first-order valence-corrected chi connectivity index (χ1v) is 4.18. The third-order valence-electron chi connectivity index (χ3n) is 1.42. The van der Waals surface area contributed by atoms with Gasteiger partial charge in [-0.25, -0.2) is 0 Å². The van der Waals surface area contributed by atoms with E-state index in [1.165, 1.54) is 7.05 Å². The molecule has 1 heterocycles. The quantitative estimate of drug-likeness (QED) is 0.593. The smallest absolute Gasteiger partial charge is 0.262 e. The molecule has 0 unspecified atom stereocenters. The molecule has 0 spiro atoms. The van der Waals surface area contributed by atoms with Gasteiger partial charge in [0.15, 0.2) is 5.69 Å². The van der Waals surface area contributed by atoms with Crippen LogP contribution in [0.1, 0.15) is 11.4 Å². The highest BCUT2D eigenvalue weighted by Crippen LogP contribution is 2.33. The summed E-state index contributed by atoms with van der Waals surface area (Å²) in [7, 11) is 1.29. The van der Waals surface area contributed by atoms with Crippen LogP contribution in [0.25, 0.3) is 0 Å². The molecule has 76 valence electrons. The van der Waals surface area contributed by atoms with E-state index in [9.17, 15) is 13.2 Å². The van der Waals surface area contributed by atoms with E-state index in [1.807, 2.05) is 0 Å². The molecule has 0 atom stereocenters. The van der Waals surface area contributed by atoms with Crippen LogP contribution < -0.4 is 0 Å². The normalized spacial score (nSPS) is 11.2. The highest BCUT2D eigenvalue weighted by molar-refractivity contribution is 14.1. The Morgan fingerprint density at radius 1 is 1.38 bits per heavy atom. The van der Waals surface area contributed by atoms with Crippen molar-refractivity contribution in [3.05, 3.63) is 15.0 Å². The lowest BCUT2D eigenvalue weighted by molar-refractivity contribution is -0.144. The highest BCUT2D eigenvalue weighted by atomic mass is 127. The van der Waals surface area contributed by atoms with E-state index in [-0.39, 0.29) is 27.5 Å². The van der Waals surface area contributed by atoms with Gasteiger partial charge in [0.05, 0.1) is 9.26 Å². The highest BCUT2D eigenvalue weighted by Gasteiger charge is 2.37. The Morgan fingerprint density at radius 3 is 2.00 bits per heavy atom. The minimum absolute atomic E-state index is 0. The second kappa shape index (κ2) is 4.32. The molecule has 0 amide bonds. The van der Waals surface area contributed by atoms with Gasteiger partial charge in [0.25, 0.3) is 0 Å². The molecule has 1 aromatic heterocycles. The minimum Gasteiger partial charge on any atom is -0.262 e. The van der Waals surface area contributed by atoms with Crippen molar-refractivity contribution in [2.75, 3.05) is 0 Å². The molecule has 1 aromatic rings. The standard InChI is InChI=1S/C6H6F3IN2.HI/c1-3-4(10)5(6(7,8)9)12(2)11-3;/h1-2H3;1H. The van der Waals surface area contributed by atoms with E-state index >= 15 is 0 Å². The van der Waals surface area contributed by atoms with Crippen LogP contribution in [0.3, 0.4) is 0 Å². The van der Waals surface area contributed by atoms with E-state index in [2.05, 4.69) is 5.10 Å². The summed E-state index contributed by atoms with van der Waals surface area (Å²) in [6.07, 6.45) is -4.31. The van der Waals surface area contributed by atoms with E-state index in [0.717, 1.165) is 4.68 Å². The summed E-state index contributed by atoms with van der Waals surface area (Å²) in [5.74, 6) is 0. The first-order chi connectivity index (χ1) is 5.34. The van der Waals surface area contributed by atoms with Crippen molar-refractivity contribution >= 4 is 46.6 Å². The number of hydrogen-bond donors (Lipinski definition) is 0. The Labute approximate surface area is 104 Å². The number of aryl methyl sites for hydroxylation is 2. The van der Waals surface area contributed by atoms with Crippen molar-refractivity contribution in [2.24, 2.45) is 7.05 Å². The van der Waals surface area contributed by atoms with Crippen molar-refractivity contribution in [3.63, 3.8) is 0 Å². The molecule has 0 saturated heterocycles. The van der Waals surface area contributed by atoms with Gasteiger partial charge < -0.3 is 0 Å². The van der Waals surface area contributed by atoms with Gasteiger partial charge in [0, 0.05) is 7.05 Å². The maximum atomic E-state index is 12.3. The Hall–Kier alpha value is 0.460. The number of aromatic nitrogens is 2. The Kier molecular flexibility index (Phi) is 4.47. The Bertz CT molecular complexity index is 306. The SMILES string of the molecule is Cc1nn(C)c(C(F)(F)F)c1I.I. The summed E-state index contributed by atoms with van der Waals surface area (Å²) in [6, 6.07) is 0. The zero-order chi connectivity index (χ0) is 9.52. The summed E-state index contributed by atoms with van der Waals surface area (Å²) in [6.45, 7) is 1.55. The van der Waals surface area contributed by atoms with E-state index < -0.39 is 11.9 Å². The van der Waals surface area contributed by atoms with Crippen molar-refractivity contribution < 1.29 is 13.2 Å². The topological polar surface area (TPSA) is 17.8 Å². The second-order valence-corrected chi connectivity index (χ2v) is 3.45. The molecule has 0 bridgehead atoms. The summed E-state index contributed by atoms with van der Waals surface area (Å²) in [4.78, 5) is 0. The van der Waals surface area contributed by atoms with Crippen LogP contribution in [0, 0.1) is 10.5 Å². The van der Waals surface area contributed by atoms with Gasteiger partial charge >= 0.3 is 6.18 Å². The fourth-order valence-corrected chi connectivity index (χ4v) is 1.70. The van der Waals surface area contributed by atoms with Crippen LogP contribution in [0.5, 0.6) is 0 Å². The largest absolute Gasteiger partial charge is 0.434 e. The van der Waals surface area contributed by atoms with Crippen molar-refractivity contribution in [2.45, 2.75) is 13.1 Å². The lowest BCUT2D eigenvalue weighted by atomic mass is 10.3. The predicted molar refractivity (Wildman–Crippen MR) is 61.1 cm³/mol. The fraction of sp³-hybridized carbons (Fsp3) is 0.500. The second-order valence-electron chi connectivity index (χ2n) is 2.37. The molecule has 0 aliphatic rings. The van der Waals surface area contributed by atoms with Crippen molar-refractivity contribution in [1.29, 1.82) is 0 Å². The molecular weight excluding hydrogens is 411 g/mol. The van der Waals surface area contributed by atoms with Crippen molar-refractivity contribution in [3.8, 4) is 0 Å². The van der Waals surface area contributed by atoms with Crippen LogP contribution in [-0.2, 0) is 13.2 Å². The van der Waals surface area contributed by atoms with Gasteiger partial charge in [-0.3, -0.25) is 4.68 Å². The lowest BCUT2D eigenvalue weighted by Gasteiger charge is -2.06. The van der Waals surface area contributed by atoms with Gasteiger partial charge in [-0.2, -0.15) is 18.3 Å². The molecule has 13 heavy (non-hydrogen) atoms. The van der Waals surface area contributed by atoms with Crippen LogP contribution in [0.4, 0.5) is 13.2 Å². The molecule has 0 aliphatic carbocycles. The van der Waals surface area contributed by atoms with Gasteiger partial charge in [-0.1, -0.05) is 0 Å². The molecule has 0 aromatic carbocycles. The summed E-state index contributed by atoms with van der Waals surface area (Å²) < 4.78 is 37.8. The number of hydrogen-bond acceptors (Lipinski definition) is 1. The van der Waals surface area contributed by atoms with Gasteiger partial charge in [0.1, 0.15) is 0 Å². The minimum atomic E-state index is -4.31. The molecular formula is C6H7F3I2N2. The molecule has 0 saturated carbocycles. The van der Waals surface area contributed by atoms with Crippen LogP contribution in [0.2, 0.25) is 0 Å². The molecule has 0 fully saturated rings. The average Bonchev–Trinajstić information content (AvgIpc) is 2.05. The Balaban J connectivity index is 0.00000144. The molecule has 0 aliphatic heterocycles. The van der Waals surface area contributed by atoms with E-state index in [0.29, 0.717) is 5.69 Å². The first kappa shape index (κ1) is 13.5. The maximum absolute atomic E-state index is 12.3. The number of nitrogens with zero attached hydrogens (tertiary/aromatic N) is 2. The van der Waals surface area contributed by atoms with Gasteiger partial charge in [-0.15, -0.1) is 24.0 Å². The zero-order valence-corrected chi connectivity index (χ0v) is 11.3. The molecule has 0 radical (unpaired) electrons. The number of rotatable bonds is 0. The lowest BCUT2D eigenvalue weighted by Crippen LogP contribution is -2.13. The van der Waals surface area contributed by atoms with Gasteiger partial charge in [-0.05, 0) is 29.5 Å². The monoisotopic (exact) mass is 418 g/mol. The van der Waals surface area contributed by atoms with Crippen LogP contribution in [0.15, 0.2) is 0 Å². The van der Waals surface area contributed by atoms with E-state index in [1.54, 1.807) is 29.5 Å². The Morgan fingerprint density at radius 2 is 1.85 bits per heavy atom. The first-order valence-electron chi connectivity index (χ1n) is 3.10. The van der Waals surface area contributed by atoms with Crippen molar-refractivity contribution in [1.82, 2.24) is 9.78 Å². The summed E-state index contributed by atoms with van der Waals surface area (Å²) in [5, 5.41) is 3.67. The third kappa shape index (κ3) is 2.70. The van der Waals surface area contributed by atoms with E-state index in [4.69, 9.17) is 0 Å². The summed E-state index contributed by atoms with van der Waals surface area (Å²) >= 11 is 1.65. The molecule has 2 nitrogen and oxygen atoms in total. The van der Waals surface area contributed by atoms with Crippen LogP contribution in [-0.4, -0.2) is 9.78 Å². The number of halogens is 5. The molecule has 1 rings (SSSR count). The summed E-state index contributed by atoms with van der Waals surface area (Å²) in [5.41, 5.74) is -0.272. The predicted octanol–water partition coefficient (Wildman–Crippen LogP) is 2.97. The molecule has 0 N–H and O–H groups in total. The number of alkyl halides is 3. The fourth-order valence-electron chi connectivity index (χ4n) is 0.940. The third-order valence-corrected chi connectivity index (χ3v) is 2.71. The van der Waals surface area contributed by atoms with Crippen LogP contribution >= 0.6 is 46.6 Å². The van der Waals surface area contributed by atoms with Gasteiger partial charge in [0.2, 0.25) is 0 Å². The average molecular weight is 418 g/mol.